The minimum absolute atomic E-state index is 0. The van der Waals surface area contributed by atoms with Crippen LogP contribution in [0.5, 0.6) is 5.75 Å². The van der Waals surface area contributed by atoms with Gasteiger partial charge in [0.2, 0.25) is 0 Å². The van der Waals surface area contributed by atoms with Gasteiger partial charge in [0.15, 0.2) is 11.1 Å². The zero-order valence-corrected chi connectivity index (χ0v) is 8.92. The summed E-state index contributed by atoms with van der Waals surface area (Å²) in [7, 11) is 0. The van der Waals surface area contributed by atoms with Gasteiger partial charge in [0, 0.05) is 0 Å². The van der Waals surface area contributed by atoms with Gasteiger partial charge < -0.3 is 9.29 Å². The van der Waals surface area contributed by atoms with E-state index in [1.54, 1.807) is 24.3 Å². The van der Waals surface area contributed by atoms with Crippen LogP contribution < -0.4 is 4.74 Å². The molecule has 0 aliphatic carbocycles. The van der Waals surface area contributed by atoms with Crippen molar-refractivity contribution < 1.29 is 13.5 Å². The molecule has 0 aliphatic rings. The summed E-state index contributed by atoms with van der Waals surface area (Å²) in [5, 5.41) is 0. The summed E-state index contributed by atoms with van der Waals surface area (Å²) < 4.78 is 24.8. The summed E-state index contributed by atoms with van der Waals surface area (Å²) >= 11 is -1.90. The van der Waals surface area contributed by atoms with Crippen LogP contribution in [0.4, 0.5) is 0 Å². The molecule has 80 valence electrons. The van der Waals surface area contributed by atoms with Crippen LogP contribution in [0, 0.1) is 0 Å². The zero-order chi connectivity index (χ0) is 10.4. The molecule has 0 saturated heterocycles. The van der Waals surface area contributed by atoms with E-state index in [2.05, 4.69) is 6.92 Å². The van der Waals surface area contributed by atoms with E-state index in [9.17, 15) is 4.21 Å². The van der Waals surface area contributed by atoms with Crippen molar-refractivity contribution in [3.63, 3.8) is 0 Å². The van der Waals surface area contributed by atoms with Crippen LogP contribution in [0.25, 0.3) is 0 Å². The maximum absolute atomic E-state index is 10.6. The molecule has 1 unspecified atom stereocenters. The summed E-state index contributed by atoms with van der Waals surface area (Å²) in [5.74, 6) is 0.743. The summed E-state index contributed by atoms with van der Waals surface area (Å²) in [5.41, 5.74) is 0. The van der Waals surface area contributed by atoms with Gasteiger partial charge in [-0.3, -0.25) is 0 Å². The molecule has 0 spiro atoms. The average Bonchev–Trinajstić information content (AvgIpc) is 2.19. The molecule has 1 aromatic carbocycles. The van der Waals surface area contributed by atoms with Crippen LogP contribution in [0.2, 0.25) is 0 Å². The summed E-state index contributed by atoms with van der Waals surface area (Å²) in [4.78, 5) is 0.396. The Labute approximate surface area is 135 Å². The van der Waals surface area contributed by atoms with Gasteiger partial charge in [0.25, 0.3) is 0 Å². The van der Waals surface area contributed by atoms with Gasteiger partial charge in [-0.15, -0.1) is 0 Å². The first-order chi connectivity index (χ1) is 6.74. The van der Waals surface area contributed by atoms with E-state index in [-0.39, 0.29) is 51.4 Å². The second-order valence-electron chi connectivity index (χ2n) is 2.92. The maximum atomic E-state index is 10.6. The first kappa shape index (κ1) is 15.8. The van der Waals surface area contributed by atoms with Crippen LogP contribution in [-0.4, -0.2) is 66.8 Å². The Kier molecular flexibility index (Phi) is 9.32. The second kappa shape index (κ2) is 8.87. The predicted octanol–water partition coefficient (Wildman–Crippen LogP) is 1.80. The SMILES string of the molecule is CCCCOc1ccc(S(=O)O)cc1.[KH]. The van der Waals surface area contributed by atoms with E-state index >= 15 is 0 Å². The van der Waals surface area contributed by atoms with Crippen LogP contribution in [0.15, 0.2) is 29.2 Å². The van der Waals surface area contributed by atoms with Crippen molar-refractivity contribution in [2.24, 2.45) is 0 Å². The average molecular weight is 254 g/mol. The first-order valence-electron chi connectivity index (χ1n) is 4.57. The van der Waals surface area contributed by atoms with Gasteiger partial charge in [-0.05, 0) is 30.7 Å². The Morgan fingerprint density at radius 2 is 1.93 bits per heavy atom. The Morgan fingerprint density at radius 1 is 1.33 bits per heavy atom. The van der Waals surface area contributed by atoms with Crippen molar-refractivity contribution in [1.29, 1.82) is 0 Å². The molecule has 0 saturated carbocycles. The zero-order valence-electron chi connectivity index (χ0n) is 8.10. The van der Waals surface area contributed by atoms with Crippen molar-refractivity contribution in [2.75, 3.05) is 6.61 Å². The second-order valence-corrected chi connectivity index (χ2v) is 3.89. The number of rotatable bonds is 5. The Hall–Kier alpha value is 0.766. The molecule has 0 amide bonds. The molecule has 1 atom stereocenters. The molecule has 1 rings (SSSR count). The fourth-order valence-electron chi connectivity index (χ4n) is 0.987. The normalized spacial score (nSPS) is 11.6. The Balaban J connectivity index is 0.00000196. The van der Waals surface area contributed by atoms with E-state index in [1.165, 1.54) is 0 Å². The number of unbranched alkanes of at least 4 members (excludes halogenated alkanes) is 1. The van der Waals surface area contributed by atoms with Gasteiger partial charge in [0.1, 0.15) is 5.75 Å². The van der Waals surface area contributed by atoms with Crippen molar-refractivity contribution in [3.8, 4) is 5.75 Å². The van der Waals surface area contributed by atoms with Gasteiger partial charge >= 0.3 is 51.4 Å². The fraction of sp³-hybridized carbons (Fsp3) is 0.400. The first-order valence-corrected chi connectivity index (χ1v) is 5.68. The van der Waals surface area contributed by atoms with Crippen molar-refractivity contribution in [1.82, 2.24) is 0 Å². The molecule has 3 nitrogen and oxygen atoms in total. The third kappa shape index (κ3) is 6.16. The quantitative estimate of drug-likeness (QED) is 0.495. The summed E-state index contributed by atoms with van der Waals surface area (Å²) in [6.07, 6.45) is 2.12. The number of hydrogen-bond acceptors (Lipinski definition) is 2. The van der Waals surface area contributed by atoms with E-state index in [1.807, 2.05) is 0 Å². The third-order valence-corrected chi connectivity index (χ3v) is 2.47. The fourth-order valence-corrected chi connectivity index (χ4v) is 1.36. The van der Waals surface area contributed by atoms with Gasteiger partial charge in [0.05, 0.1) is 11.5 Å². The number of benzene rings is 1. The Morgan fingerprint density at radius 3 is 2.40 bits per heavy atom. The van der Waals surface area contributed by atoms with Gasteiger partial charge in [-0.2, -0.15) is 0 Å². The predicted molar refractivity (Wildman–Crippen MR) is 63.0 cm³/mol. The molecular weight excluding hydrogens is 239 g/mol. The number of hydrogen-bond donors (Lipinski definition) is 1. The van der Waals surface area contributed by atoms with Crippen LogP contribution in [0.3, 0.4) is 0 Å². The monoisotopic (exact) mass is 254 g/mol. The van der Waals surface area contributed by atoms with Gasteiger partial charge in [-0.25, -0.2) is 4.21 Å². The topological polar surface area (TPSA) is 46.5 Å². The minimum atomic E-state index is -1.90. The molecule has 1 aromatic rings. The number of ether oxygens (including phenoxy) is 1. The van der Waals surface area contributed by atoms with Crippen LogP contribution in [-0.2, 0) is 11.1 Å². The van der Waals surface area contributed by atoms with Crippen molar-refractivity contribution >= 4 is 62.5 Å². The third-order valence-electron chi connectivity index (χ3n) is 1.79. The molecule has 0 fully saturated rings. The van der Waals surface area contributed by atoms with Crippen molar-refractivity contribution in [3.05, 3.63) is 24.3 Å². The van der Waals surface area contributed by atoms with E-state index in [0.29, 0.717) is 11.5 Å². The van der Waals surface area contributed by atoms with Crippen molar-refractivity contribution in [2.45, 2.75) is 24.7 Å². The van der Waals surface area contributed by atoms with E-state index in [0.717, 1.165) is 18.6 Å². The molecular formula is C10H15KO3S. The molecule has 15 heavy (non-hydrogen) atoms. The molecule has 5 heteroatoms. The molecule has 1 N–H and O–H groups in total. The molecule has 0 aliphatic heterocycles. The van der Waals surface area contributed by atoms with Crippen LogP contribution >= 0.6 is 0 Å². The Bertz CT molecular complexity index is 300. The molecule has 0 aromatic heterocycles. The summed E-state index contributed by atoms with van der Waals surface area (Å²) in [6, 6.07) is 6.60. The van der Waals surface area contributed by atoms with E-state index in [4.69, 9.17) is 9.29 Å². The molecule has 0 bridgehead atoms. The van der Waals surface area contributed by atoms with Gasteiger partial charge in [-0.1, -0.05) is 13.3 Å². The standard InChI is InChI=1S/C10H14O3S.K.H/c1-2-3-8-13-9-4-6-10(7-5-9)14(11)12;;/h4-7H,2-3,8H2,1H3,(H,11,12);;. The van der Waals surface area contributed by atoms with Crippen LogP contribution in [0.1, 0.15) is 19.8 Å². The van der Waals surface area contributed by atoms with E-state index < -0.39 is 11.1 Å². The molecule has 0 radical (unpaired) electrons. The summed E-state index contributed by atoms with van der Waals surface area (Å²) in [6.45, 7) is 2.79. The molecule has 0 heterocycles.